The third-order valence-corrected chi connectivity index (χ3v) is 3.77. The first-order valence-corrected chi connectivity index (χ1v) is 6.82. The Kier molecular flexibility index (Phi) is 4.25. The first kappa shape index (κ1) is 9.85. The first-order valence-electron chi connectivity index (χ1n) is 2.36. The number of rotatable bonds is 3. The highest BCUT2D eigenvalue weighted by atomic mass is 35.6. The molecular formula is C3H7BCl3NSi. The maximum atomic E-state index is 5.86. The average molecular weight is 202 g/mol. The average Bonchev–Trinajstić information content (AvgIpc) is 1.63. The van der Waals surface area contributed by atoms with E-state index in [1.54, 1.807) is 5.70 Å². The zero-order valence-electron chi connectivity index (χ0n) is 5.00. The smallest absolute Gasteiger partial charge is 0.336 e. The summed E-state index contributed by atoms with van der Waals surface area (Å²) in [6, 6.07) is 0. The molecule has 0 aliphatic rings. The maximum Gasteiger partial charge on any atom is 0.426 e. The van der Waals surface area contributed by atoms with Gasteiger partial charge in [0, 0.05) is 0 Å². The van der Waals surface area contributed by atoms with Gasteiger partial charge in [-0.05, 0) is 6.55 Å². The monoisotopic (exact) mass is 201 g/mol. The normalized spacial score (nSPS) is 16.4. The first-order chi connectivity index (χ1) is 3.98. The summed E-state index contributed by atoms with van der Waals surface area (Å²) in [5.74, 6) is 0. The van der Waals surface area contributed by atoms with Gasteiger partial charge in [-0.15, -0.1) is 40.6 Å². The summed E-state index contributed by atoms with van der Waals surface area (Å²) in [5, 5.41) is 0. The lowest BCUT2D eigenvalue weighted by Gasteiger charge is -2.14. The van der Waals surface area contributed by atoms with Crippen molar-refractivity contribution in [3.8, 4) is 0 Å². The van der Waals surface area contributed by atoms with E-state index in [1.165, 1.54) is 0 Å². The molecule has 9 heavy (non-hydrogen) atoms. The molecule has 1 atom stereocenters. The van der Waals surface area contributed by atoms with Gasteiger partial charge in [-0.25, -0.2) is 0 Å². The summed E-state index contributed by atoms with van der Waals surface area (Å²) in [7, 11) is -2.02. The fourth-order valence-electron chi connectivity index (χ4n) is 0.272. The van der Waals surface area contributed by atoms with E-state index in [9.17, 15) is 0 Å². The van der Waals surface area contributed by atoms with Gasteiger partial charge in [0.15, 0.2) is 0 Å². The second-order valence-corrected chi connectivity index (χ2v) is 8.02. The minimum absolute atomic E-state index is 0.600. The standard InChI is InChI=1S/C3H7BCl3NSi/c1-3-9(2,7)8-4(5)6/h3,8H,1H2,2H3. The summed E-state index contributed by atoms with van der Waals surface area (Å²) in [5.41, 5.74) is 1.06. The number of hydrogen-bond donors (Lipinski definition) is 1. The van der Waals surface area contributed by atoms with Crippen molar-refractivity contribution in [3.63, 3.8) is 0 Å². The molecule has 52 valence electrons. The molecule has 0 amide bonds. The minimum atomic E-state index is -2.02. The van der Waals surface area contributed by atoms with Crippen LogP contribution in [0.15, 0.2) is 12.3 Å². The molecule has 0 radical (unpaired) electrons. The fraction of sp³-hybridized carbons (Fsp3) is 0.333. The third kappa shape index (κ3) is 5.30. The molecule has 1 unspecified atom stereocenters. The maximum absolute atomic E-state index is 5.86. The van der Waals surface area contributed by atoms with E-state index in [1.807, 2.05) is 6.55 Å². The third-order valence-electron chi connectivity index (χ3n) is 0.775. The highest BCUT2D eigenvalue weighted by Crippen LogP contribution is 2.07. The fourth-order valence-corrected chi connectivity index (χ4v) is 2.84. The lowest BCUT2D eigenvalue weighted by Crippen LogP contribution is -2.45. The lowest BCUT2D eigenvalue weighted by atomic mass is 10.4. The van der Waals surface area contributed by atoms with E-state index in [4.69, 9.17) is 34.0 Å². The van der Waals surface area contributed by atoms with Crippen molar-refractivity contribution in [3.05, 3.63) is 12.3 Å². The molecule has 1 nitrogen and oxygen atoms in total. The predicted octanol–water partition coefficient (Wildman–Crippen LogP) is 2.07. The Morgan fingerprint density at radius 2 is 2.11 bits per heavy atom. The second kappa shape index (κ2) is 3.89. The Labute approximate surface area is 71.1 Å². The Morgan fingerprint density at radius 3 is 2.22 bits per heavy atom. The molecule has 0 saturated heterocycles. The summed E-state index contributed by atoms with van der Waals surface area (Å²) < 4.78 is 0. The van der Waals surface area contributed by atoms with Crippen molar-refractivity contribution in [1.82, 2.24) is 4.89 Å². The number of halogens is 3. The molecule has 0 rings (SSSR count). The van der Waals surface area contributed by atoms with Gasteiger partial charge in [0.2, 0.25) is 7.55 Å². The van der Waals surface area contributed by atoms with Crippen LogP contribution in [0, 0.1) is 0 Å². The zero-order valence-corrected chi connectivity index (χ0v) is 8.26. The van der Waals surface area contributed by atoms with E-state index in [0.717, 1.165) is 0 Å². The molecule has 1 N–H and O–H groups in total. The molecular weight excluding hydrogens is 195 g/mol. The van der Waals surface area contributed by atoms with Crippen LogP contribution in [0.3, 0.4) is 0 Å². The molecule has 6 heteroatoms. The van der Waals surface area contributed by atoms with Gasteiger partial charge in [0.05, 0.1) is 0 Å². The van der Waals surface area contributed by atoms with Crippen LogP contribution in [-0.2, 0) is 0 Å². The van der Waals surface area contributed by atoms with Crippen molar-refractivity contribution in [2.24, 2.45) is 0 Å². The quantitative estimate of drug-likeness (QED) is 0.546. The second-order valence-electron chi connectivity index (χ2n) is 1.72. The highest BCUT2D eigenvalue weighted by molar-refractivity contribution is 7.38. The van der Waals surface area contributed by atoms with Crippen molar-refractivity contribution < 1.29 is 0 Å². The van der Waals surface area contributed by atoms with E-state index in [2.05, 4.69) is 11.5 Å². The minimum Gasteiger partial charge on any atom is -0.336 e. The predicted molar refractivity (Wildman–Crippen MR) is 48.3 cm³/mol. The van der Waals surface area contributed by atoms with Gasteiger partial charge in [0.25, 0.3) is 0 Å². The van der Waals surface area contributed by atoms with Crippen molar-refractivity contribution >= 4 is 47.2 Å². The molecule has 0 aliphatic carbocycles. The van der Waals surface area contributed by atoms with Crippen LogP contribution in [0.2, 0.25) is 6.55 Å². The van der Waals surface area contributed by atoms with Gasteiger partial charge in [0.1, 0.15) is 0 Å². The van der Waals surface area contributed by atoms with Gasteiger partial charge >= 0.3 is 5.68 Å². The Bertz CT molecular complexity index is 107. The molecule has 0 saturated carbocycles. The van der Waals surface area contributed by atoms with Crippen LogP contribution < -0.4 is 4.89 Å². The topological polar surface area (TPSA) is 12.0 Å². The Hall–Kier alpha value is 0.852. The van der Waals surface area contributed by atoms with Crippen molar-refractivity contribution in [1.29, 1.82) is 0 Å². The van der Waals surface area contributed by atoms with Gasteiger partial charge in [-0.3, -0.25) is 0 Å². The van der Waals surface area contributed by atoms with E-state index >= 15 is 0 Å². The van der Waals surface area contributed by atoms with Crippen LogP contribution >= 0.6 is 34.0 Å². The van der Waals surface area contributed by atoms with E-state index < -0.39 is 13.2 Å². The number of nitrogens with one attached hydrogen (secondary N) is 1. The largest absolute Gasteiger partial charge is 0.426 e. The molecule has 0 aromatic rings. The summed E-state index contributed by atoms with van der Waals surface area (Å²) in [6.45, 7) is 5.38. The Balaban J connectivity index is 3.71. The lowest BCUT2D eigenvalue weighted by molar-refractivity contribution is 1.52. The van der Waals surface area contributed by atoms with Crippen LogP contribution in [0.5, 0.6) is 0 Å². The Morgan fingerprint density at radius 1 is 1.67 bits per heavy atom. The van der Waals surface area contributed by atoms with Crippen molar-refractivity contribution in [2.75, 3.05) is 0 Å². The summed E-state index contributed by atoms with van der Waals surface area (Å²) in [4.78, 5) is 2.79. The van der Waals surface area contributed by atoms with E-state index in [-0.39, 0.29) is 0 Å². The molecule has 0 spiro atoms. The SMILES string of the molecule is C=C[Si](C)(Cl)NB(Cl)Cl. The van der Waals surface area contributed by atoms with Crippen LogP contribution in [0.1, 0.15) is 0 Å². The molecule has 0 fully saturated rings. The molecule has 0 aromatic carbocycles. The summed E-state index contributed by atoms with van der Waals surface area (Å²) in [6.07, 6.45) is 0. The van der Waals surface area contributed by atoms with Gasteiger partial charge in [-0.2, -0.15) is 0 Å². The van der Waals surface area contributed by atoms with Crippen LogP contribution in [0.4, 0.5) is 0 Å². The van der Waals surface area contributed by atoms with Crippen molar-refractivity contribution in [2.45, 2.75) is 6.55 Å². The van der Waals surface area contributed by atoms with Gasteiger partial charge < -0.3 is 4.89 Å². The molecule has 0 aliphatic heterocycles. The van der Waals surface area contributed by atoms with Crippen LogP contribution in [-0.4, -0.2) is 13.2 Å². The highest BCUT2D eigenvalue weighted by Gasteiger charge is 2.24. The number of hydrogen-bond acceptors (Lipinski definition) is 1. The summed E-state index contributed by atoms with van der Waals surface area (Å²) >= 11 is 16.7. The molecule has 0 heterocycles. The van der Waals surface area contributed by atoms with Crippen LogP contribution in [0.25, 0.3) is 0 Å². The van der Waals surface area contributed by atoms with Gasteiger partial charge in [-0.1, -0.05) is 5.70 Å². The molecule has 0 bridgehead atoms. The molecule has 0 aromatic heterocycles. The zero-order chi connectivity index (χ0) is 7.49. The van der Waals surface area contributed by atoms with E-state index in [0.29, 0.717) is 0 Å².